The van der Waals surface area contributed by atoms with Gasteiger partial charge in [-0.3, -0.25) is 4.79 Å². The second-order valence-corrected chi connectivity index (χ2v) is 11.2. The SMILES string of the molecule is O=C(CN(Cc1ccc(Br)cc1)S(=O)(=O)c1ccccc1)N/N=C\c1cccc(OCc2ccccc2)c1. The lowest BCUT2D eigenvalue weighted by Crippen LogP contribution is -2.39. The van der Waals surface area contributed by atoms with Crippen LogP contribution in [-0.4, -0.2) is 31.4 Å². The van der Waals surface area contributed by atoms with E-state index in [1.807, 2.05) is 60.7 Å². The molecule has 4 aromatic rings. The summed E-state index contributed by atoms with van der Waals surface area (Å²) in [7, 11) is -3.92. The van der Waals surface area contributed by atoms with Crippen LogP contribution in [0, 0.1) is 0 Å². The van der Waals surface area contributed by atoms with Gasteiger partial charge >= 0.3 is 0 Å². The summed E-state index contributed by atoms with van der Waals surface area (Å²) < 4.78 is 34.5. The number of carbonyl (C=O) groups excluding carboxylic acids is 1. The average Bonchev–Trinajstić information content (AvgIpc) is 2.94. The van der Waals surface area contributed by atoms with Crippen molar-refractivity contribution in [3.05, 3.63) is 130 Å². The molecule has 7 nitrogen and oxygen atoms in total. The van der Waals surface area contributed by atoms with Crippen LogP contribution in [0.4, 0.5) is 0 Å². The zero-order valence-electron chi connectivity index (χ0n) is 20.4. The van der Waals surface area contributed by atoms with Crippen LogP contribution in [0.5, 0.6) is 5.75 Å². The number of hydrogen-bond donors (Lipinski definition) is 1. The molecular formula is C29H26BrN3O4S. The van der Waals surface area contributed by atoms with Gasteiger partial charge in [0.05, 0.1) is 17.7 Å². The maximum Gasteiger partial charge on any atom is 0.255 e. The van der Waals surface area contributed by atoms with E-state index in [0.717, 1.165) is 25.5 Å². The fourth-order valence-electron chi connectivity index (χ4n) is 3.56. The summed E-state index contributed by atoms with van der Waals surface area (Å²) >= 11 is 3.38. The predicted octanol–water partition coefficient (Wildman–Crippen LogP) is 5.37. The van der Waals surface area contributed by atoms with Gasteiger partial charge in [-0.2, -0.15) is 9.41 Å². The number of benzene rings is 4. The van der Waals surface area contributed by atoms with Crippen LogP contribution < -0.4 is 10.2 Å². The predicted molar refractivity (Wildman–Crippen MR) is 151 cm³/mol. The van der Waals surface area contributed by atoms with Crippen molar-refractivity contribution < 1.29 is 17.9 Å². The van der Waals surface area contributed by atoms with Gasteiger partial charge in [-0.05, 0) is 53.1 Å². The van der Waals surface area contributed by atoms with E-state index in [4.69, 9.17) is 4.74 Å². The number of ether oxygens (including phenoxy) is 1. The lowest BCUT2D eigenvalue weighted by Gasteiger charge is -2.21. The van der Waals surface area contributed by atoms with Gasteiger partial charge in [0.2, 0.25) is 10.0 Å². The highest BCUT2D eigenvalue weighted by Crippen LogP contribution is 2.19. The van der Waals surface area contributed by atoms with E-state index in [1.54, 1.807) is 36.4 Å². The molecule has 0 aliphatic rings. The number of carbonyl (C=O) groups is 1. The van der Waals surface area contributed by atoms with Crippen LogP contribution >= 0.6 is 15.9 Å². The summed E-state index contributed by atoms with van der Waals surface area (Å²) in [6.45, 7) is 0.0650. The first-order valence-electron chi connectivity index (χ1n) is 11.8. The number of halogens is 1. The van der Waals surface area contributed by atoms with Crippen molar-refractivity contribution in [1.29, 1.82) is 0 Å². The lowest BCUT2D eigenvalue weighted by atomic mass is 10.2. The van der Waals surface area contributed by atoms with E-state index < -0.39 is 22.5 Å². The van der Waals surface area contributed by atoms with Crippen molar-refractivity contribution in [3.63, 3.8) is 0 Å². The Morgan fingerprint density at radius 2 is 1.55 bits per heavy atom. The monoisotopic (exact) mass is 591 g/mol. The molecule has 1 N–H and O–H groups in total. The van der Waals surface area contributed by atoms with Crippen molar-refractivity contribution in [1.82, 2.24) is 9.73 Å². The minimum absolute atomic E-state index is 0.0302. The summed E-state index contributed by atoms with van der Waals surface area (Å²) in [5.41, 5.74) is 4.95. The molecule has 0 saturated carbocycles. The molecule has 0 aliphatic carbocycles. The van der Waals surface area contributed by atoms with E-state index in [9.17, 15) is 13.2 Å². The number of amides is 1. The molecule has 0 bridgehead atoms. The molecule has 0 radical (unpaired) electrons. The Balaban J connectivity index is 1.41. The van der Waals surface area contributed by atoms with Gasteiger partial charge in [0, 0.05) is 11.0 Å². The molecule has 4 rings (SSSR count). The lowest BCUT2D eigenvalue weighted by molar-refractivity contribution is -0.121. The van der Waals surface area contributed by atoms with E-state index in [1.165, 1.54) is 18.3 Å². The number of nitrogens with zero attached hydrogens (tertiary/aromatic N) is 2. The van der Waals surface area contributed by atoms with Crippen LogP contribution in [0.3, 0.4) is 0 Å². The maximum absolute atomic E-state index is 13.3. The molecule has 1 amide bonds. The van der Waals surface area contributed by atoms with Crippen LogP contribution in [0.25, 0.3) is 0 Å². The van der Waals surface area contributed by atoms with E-state index in [2.05, 4.69) is 26.5 Å². The molecule has 194 valence electrons. The summed E-state index contributed by atoms with van der Waals surface area (Å²) in [6, 6.07) is 32.4. The molecule has 0 aliphatic heterocycles. The van der Waals surface area contributed by atoms with Crippen LogP contribution in [-0.2, 0) is 28.0 Å². The normalized spacial score (nSPS) is 11.5. The minimum atomic E-state index is -3.92. The van der Waals surface area contributed by atoms with Gasteiger partial charge in [0.15, 0.2) is 0 Å². The molecule has 0 saturated heterocycles. The van der Waals surface area contributed by atoms with Gasteiger partial charge < -0.3 is 4.74 Å². The average molecular weight is 593 g/mol. The number of rotatable bonds is 11. The Morgan fingerprint density at radius 1 is 0.868 bits per heavy atom. The topological polar surface area (TPSA) is 88.1 Å². The first-order chi connectivity index (χ1) is 18.4. The molecule has 9 heteroatoms. The van der Waals surface area contributed by atoms with Crippen molar-refractivity contribution in [2.75, 3.05) is 6.54 Å². The first-order valence-corrected chi connectivity index (χ1v) is 14.0. The molecule has 0 aromatic heterocycles. The number of sulfonamides is 1. The highest BCUT2D eigenvalue weighted by Gasteiger charge is 2.26. The van der Waals surface area contributed by atoms with E-state index in [0.29, 0.717) is 12.4 Å². The van der Waals surface area contributed by atoms with Crippen molar-refractivity contribution in [3.8, 4) is 5.75 Å². The van der Waals surface area contributed by atoms with Crippen LogP contribution in [0.15, 0.2) is 124 Å². The quantitative estimate of drug-likeness (QED) is 0.188. The highest BCUT2D eigenvalue weighted by atomic mass is 79.9. The Morgan fingerprint density at radius 3 is 2.26 bits per heavy atom. The molecule has 0 fully saturated rings. The highest BCUT2D eigenvalue weighted by molar-refractivity contribution is 9.10. The number of hydrazone groups is 1. The summed E-state index contributed by atoms with van der Waals surface area (Å²) in [6.07, 6.45) is 1.48. The standard InChI is InChI=1S/C29H26BrN3O4S/c30-26-16-14-23(15-17-26)20-33(38(35,36)28-12-5-2-6-13-28)21-29(34)32-31-19-25-10-7-11-27(18-25)37-22-24-8-3-1-4-9-24/h1-19H,20-22H2,(H,32,34)/b31-19-. The molecule has 0 unspecified atom stereocenters. The molecule has 4 aromatic carbocycles. The Kier molecular flexibility index (Phi) is 9.42. The van der Waals surface area contributed by atoms with Crippen molar-refractivity contribution in [2.24, 2.45) is 5.10 Å². The third-order valence-corrected chi connectivity index (χ3v) is 7.82. The summed E-state index contributed by atoms with van der Waals surface area (Å²) in [5.74, 6) is 0.105. The smallest absolute Gasteiger partial charge is 0.255 e. The largest absolute Gasteiger partial charge is 0.489 e. The van der Waals surface area contributed by atoms with Crippen molar-refractivity contribution in [2.45, 2.75) is 18.0 Å². The van der Waals surface area contributed by atoms with Crippen LogP contribution in [0.2, 0.25) is 0 Å². The summed E-state index contributed by atoms with van der Waals surface area (Å²) in [4.78, 5) is 12.8. The zero-order chi connectivity index (χ0) is 26.8. The zero-order valence-corrected chi connectivity index (χ0v) is 22.8. The third-order valence-electron chi connectivity index (χ3n) is 5.48. The second kappa shape index (κ2) is 13.1. The number of nitrogens with one attached hydrogen (secondary N) is 1. The fraction of sp³-hybridized carbons (Fsp3) is 0.103. The Hall–Kier alpha value is -3.79. The Labute approximate surface area is 231 Å². The molecule has 0 atom stereocenters. The van der Waals surface area contributed by atoms with Gasteiger partial charge in [-0.25, -0.2) is 13.8 Å². The first kappa shape index (κ1) is 27.3. The molecule has 38 heavy (non-hydrogen) atoms. The second-order valence-electron chi connectivity index (χ2n) is 8.35. The van der Waals surface area contributed by atoms with Gasteiger partial charge in [-0.15, -0.1) is 0 Å². The third kappa shape index (κ3) is 7.85. The molecule has 0 spiro atoms. The fourth-order valence-corrected chi connectivity index (χ4v) is 5.23. The van der Waals surface area contributed by atoms with Gasteiger partial charge in [-0.1, -0.05) is 88.7 Å². The maximum atomic E-state index is 13.3. The molecule has 0 heterocycles. The number of hydrogen-bond acceptors (Lipinski definition) is 5. The minimum Gasteiger partial charge on any atom is -0.489 e. The van der Waals surface area contributed by atoms with Crippen LogP contribution in [0.1, 0.15) is 16.7 Å². The van der Waals surface area contributed by atoms with Gasteiger partial charge in [0.1, 0.15) is 12.4 Å². The molecular weight excluding hydrogens is 566 g/mol. The van der Waals surface area contributed by atoms with Gasteiger partial charge in [0.25, 0.3) is 5.91 Å². The van der Waals surface area contributed by atoms with E-state index in [-0.39, 0.29) is 11.4 Å². The Bertz CT molecular complexity index is 1480. The van der Waals surface area contributed by atoms with E-state index >= 15 is 0 Å². The van der Waals surface area contributed by atoms with Crippen molar-refractivity contribution >= 4 is 38.1 Å². The summed E-state index contributed by atoms with van der Waals surface area (Å²) in [5, 5.41) is 4.02.